The summed E-state index contributed by atoms with van der Waals surface area (Å²) in [7, 11) is 0.188. The molecule has 1 aliphatic rings. The van der Waals surface area contributed by atoms with Crippen LogP contribution in [0.5, 0.6) is 11.5 Å². The molecule has 0 amide bonds. The maximum atomic E-state index is 14.5. The van der Waals surface area contributed by atoms with E-state index in [4.69, 9.17) is 4.74 Å². The molecule has 36 heavy (non-hydrogen) atoms. The summed E-state index contributed by atoms with van der Waals surface area (Å²) in [5.41, 5.74) is 2.71. The van der Waals surface area contributed by atoms with E-state index in [9.17, 15) is 9.32 Å². The van der Waals surface area contributed by atoms with Crippen molar-refractivity contribution in [3.8, 4) is 11.5 Å². The third kappa shape index (κ3) is 5.29. The van der Waals surface area contributed by atoms with E-state index < -0.39 is 11.0 Å². The minimum atomic E-state index is -1.47. The Morgan fingerprint density at radius 2 is 1.81 bits per heavy atom. The molecule has 0 bridgehead atoms. The highest BCUT2D eigenvalue weighted by Crippen LogP contribution is 2.46. The normalized spacial score (nSPS) is 20.1. The van der Waals surface area contributed by atoms with Gasteiger partial charge >= 0.3 is 0 Å². The Kier molecular flexibility index (Phi) is 8.65. The molecule has 4 rings (SSSR count). The predicted molar refractivity (Wildman–Crippen MR) is 151 cm³/mol. The van der Waals surface area contributed by atoms with E-state index in [0.29, 0.717) is 18.0 Å². The molecule has 0 spiro atoms. The van der Waals surface area contributed by atoms with Crippen molar-refractivity contribution < 1.29 is 14.1 Å². The third-order valence-electron chi connectivity index (χ3n) is 7.13. The number of phenolic OH excluding ortho intramolecular Hbond substituents is 1. The quantitative estimate of drug-likeness (QED) is 0.302. The van der Waals surface area contributed by atoms with Gasteiger partial charge in [0.1, 0.15) is 22.5 Å². The topological polar surface area (TPSA) is 53.0 Å². The fraction of sp³-hybridized carbons (Fsp3) is 0.379. The molecule has 0 saturated heterocycles. The molecule has 0 fully saturated rings. The molecule has 2 atom stereocenters. The number of nitrogens with zero attached hydrogens (tertiary/aromatic N) is 2. The van der Waals surface area contributed by atoms with E-state index in [1.165, 1.54) is 11.8 Å². The minimum Gasteiger partial charge on any atom is -0.507 e. The van der Waals surface area contributed by atoms with Crippen LogP contribution in [0.25, 0.3) is 0 Å². The molecule has 3 aromatic rings. The van der Waals surface area contributed by atoms with Gasteiger partial charge in [-0.3, -0.25) is 0 Å². The van der Waals surface area contributed by atoms with Crippen LogP contribution >= 0.6 is 11.8 Å². The van der Waals surface area contributed by atoms with Gasteiger partial charge in [0.15, 0.2) is 0 Å². The molecule has 0 radical (unpaired) electrons. The smallest absolute Gasteiger partial charge is 0.130 e. The predicted octanol–water partition coefficient (Wildman–Crippen LogP) is 7.14. The monoisotopic (exact) mass is 524 g/mol. The first-order valence-electron chi connectivity index (χ1n) is 12.5. The number of anilines is 2. The second-order valence-electron chi connectivity index (χ2n) is 9.23. The zero-order valence-corrected chi connectivity index (χ0v) is 23.2. The molecule has 5 nitrogen and oxygen atoms in total. The van der Waals surface area contributed by atoms with Gasteiger partial charge in [-0.25, -0.2) is 8.51 Å². The van der Waals surface area contributed by atoms with Crippen molar-refractivity contribution in [3.63, 3.8) is 0 Å². The molecule has 0 aromatic heterocycles. The number of fused-ring (bicyclic) bond motifs is 1. The van der Waals surface area contributed by atoms with E-state index in [1.807, 2.05) is 54.8 Å². The van der Waals surface area contributed by atoms with Crippen molar-refractivity contribution >= 4 is 34.1 Å². The van der Waals surface area contributed by atoms with Gasteiger partial charge in [0, 0.05) is 24.8 Å². The molecule has 1 aliphatic heterocycles. The van der Waals surface area contributed by atoms with E-state index in [1.54, 1.807) is 13.2 Å². The van der Waals surface area contributed by atoms with Crippen LogP contribution in [-0.4, -0.2) is 39.1 Å². The molecule has 3 aromatic carbocycles. The second-order valence-corrected chi connectivity index (χ2v) is 11.5. The lowest BCUT2D eigenvalue weighted by Crippen LogP contribution is -2.53. The van der Waals surface area contributed by atoms with Gasteiger partial charge in [0.05, 0.1) is 28.1 Å². The highest BCUT2D eigenvalue weighted by molar-refractivity contribution is 7.98. The van der Waals surface area contributed by atoms with Crippen molar-refractivity contribution in [3.05, 3.63) is 72.3 Å². The van der Waals surface area contributed by atoms with Gasteiger partial charge in [-0.05, 0) is 55.0 Å². The first-order valence-corrected chi connectivity index (χ1v) is 14.9. The average molecular weight is 525 g/mol. The van der Waals surface area contributed by atoms with Crippen LogP contribution in [0.15, 0.2) is 76.5 Å². The molecule has 0 saturated carbocycles. The number of hydrogen-bond donors (Lipinski definition) is 1. The lowest BCUT2D eigenvalue weighted by molar-refractivity contribution is 0.171. The summed E-state index contributed by atoms with van der Waals surface area (Å²) >= 11 is 1.50. The fourth-order valence-electron chi connectivity index (χ4n) is 4.94. The number of ether oxygens (including phenoxy) is 1. The van der Waals surface area contributed by atoms with Gasteiger partial charge in [-0.15, -0.1) is 11.8 Å². The summed E-state index contributed by atoms with van der Waals surface area (Å²) in [6.07, 6.45) is 5.86. The van der Waals surface area contributed by atoms with Gasteiger partial charge in [-0.2, -0.15) is 0 Å². The van der Waals surface area contributed by atoms with Gasteiger partial charge in [0.2, 0.25) is 0 Å². The Labute approximate surface area is 222 Å². The summed E-state index contributed by atoms with van der Waals surface area (Å²) in [6, 6.07) is 22.0. The van der Waals surface area contributed by atoms with E-state index in [-0.39, 0.29) is 11.3 Å². The van der Waals surface area contributed by atoms with Crippen LogP contribution in [0.4, 0.5) is 11.4 Å². The number of unbranched alkanes of at least 4 members (excludes halogenated alkanes) is 1. The Morgan fingerprint density at radius 3 is 2.42 bits per heavy atom. The largest absolute Gasteiger partial charge is 0.507 e. The molecule has 192 valence electrons. The zero-order valence-electron chi connectivity index (χ0n) is 21.6. The highest BCUT2D eigenvalue weighted by Gasteiger charge is 2.44. The summed E-state index contributed by atoms with van der Waals surface area (Å²) in [5, 5.41) is 10.8. The van der Waals surface area contributed by atoms with E-state index >= 15 is 0 Å². The molecule has 1 N–H and O–H groups in total. The number of hydrogen-bond acceptors (Lipinski definition) is 5. The number of phenols is 1. The van der Waals surface area contributed by atoms with Crippen LogP contribution in [-0.2, 0) is 17.5 Å². The Morgan fingerprint density at radius 1 is 1.08 bits per heavy atom. The number of thioether (sulfide) groups is 1. The van der Waals surface area contributed by atoms with E-state index in [0.717, 1.165) is 53.3 Å². The maximum absolute atomic E-state index is 14.5. The minimum absolute atomic E-state index is 0.171. The van der Waals surface area contributed by atoms with Gasteiger partial charge in [-0.1, -0.05) is 57.0 Å². The fourth-order valence-corrected chi connectivity index (χ4v) is 7.13. The molecule has 7 heteroatoms. The van der Waals surface area contributed by atoms with Crippen molar-refractivity contribution in [2.24, 2.45) is 0 Å². The van der Waals surface area contributed by atoms with Crippen molar-refractivity contribution in [2.75, 3.05) is 24.8 Å². The van der Waals surface area contributed by atoms with Crippen molar-refractivity contribution in [1.82, 2.24) is 4.31 Å². The maximum Gasteiger partial charge on any atom is 0.130 e. The average Bonchev–Trinajstić information content (AvgIpc) is 3.01. The number of para-hydroxylation sites is 1. The van der Waals surface area contributed by atoms with Crippen LogP contribution in [0.2, 0.25) is 0 Å². The van der Waals surface area contributed by atoms with Crippen molar-refractivity contribution in [1.29, 1.82) is 0 Å². The Balaban J connectivity index is 1.90. The molecule has 1 heterocycles. The number of rotatable bonds is 9. The highest BCUT2D eigenvalue weighted by atomic mass is 32.2. The molecular weight excluding hydrogens is 488 g/mol. The van der Waals surface area contributed by atoms with Crippen LogP contribution < -0.4 is 9.64 Å². The molecule has 0 aliphatic carbocycles. The molecular formula is C29H36N2O3S2. The lowest BCUT2D eigenvalue weighted by Gasteiger charge is -2.43. The van der Waals surface area contributed by atoms with Gasteiger partial charge < -0.3 is 14.7 Å². The number of methoxy groups -OCH3 is 1. The number of aromatic hydroxyl groups is 1. The summed E-state index contributed by atoms with van der Waals surface area (Å²) < 4.78 is 22.0. The van der Waals surface area contributed by atoms with E-state index in [2.05, 4.69) is 35.2 Å². The lowest BCUT2D eigenvalue weighted by atomic mass is 9.88. The van der Waals surface area contributed by atoms with Crippen LogP contribution in [0.1, 0.15) is 45.1 Å². The standard InChI is InChI=1S/C29H36N2O3S2/c1-5-7-17-29(6-2)21-30(23-11-9-8-10-12-23)25-18-27(35-4)26(32)19-28(25)36(33)31(29)20-22-13-15-24(34-3)16-14-22/h8-16,18-19,32H,5-7,17,20-21H2,1-4H3. The van der Waals surface area contributed by atoms with Crippen molar-refractivity contribution in [2.45, 2.75) is 61.4 Å². The summed E-state index contributed by atoms with van der Waals surface area (Å²) in [4.78, 5) is 3.74. The number of benzene rings is 3. The summed E-state index contributed by atoms with van der Waals surface area (Å²) in [5.74, 6) is 0.975. The second kappa shape index (κ2) is 11.7. The SMILES string of the molecule is CCCCC1(CC)CN(c2ccccc2)c2cc(SC)c(O)cc2S(=O)N1Cc1ccc(OC)cc1. The zero-order chi connectivity index (χ0) is 25.7. The molecule has 2 unspecified atom stereocenters. The van der Waals surface area contributed by atoms with Crippen LogP contribution in [0.3, 0.4) is 0 Å². The first kappa shape index (κ1) is 26.6. The first-order chi connectivity index (χ1) is 17.5. The van der Waals surface area contributed by atoms with Crippen LogP contribution in [0, 0.1) is 0 Å². The summed E-state index contributed by atoms with van der Waals surface area (Å²) in [6.45, 7) is 5.66. The third-order valence-corrected chi connectivity index (χ3v) is 9.51. The Hall–Kier alpha value is -2.48. The van der Waals surface area contributed by atoms with Gasteiger partial charge in [0.25, 0.3) is 0 Å². The Bertz CT molecular complexity index is 1190.